The highest BCUT2D eigenvalue weighted by Gasteiger charge is 2.56. The maximum Gasteiger partial charge on any atom is -0.0266 e. The largest absolute Gasteiger partial charge is 0.0776 e. The van der Waals surface area contributed by atoms with Crippen LogP contribution in [0.25, 0.3) is 0 Å². The first-order valence-electron chi connectivity index (χ1n) is 10.1. The molecular weight excluding hydrogens is 264 g/mol. The molecule has 0 radical (unpaired) electrons. The molecule has 0 nitrogen and oxygen atoms in total. The molecule has 22 heavy (non-hydrogen) atoms. The van der Waals surface area contributed by atoms with E-state index in [9.17, 15) is 0 Å². The average Bonchev–Trinajstić information content (AvgIpc) is 2.90. The van der Waals surface area contributed by atoms with Crippen molar-refractivity contribution in [1.29, 1.82) is 0 Å². The van der Waals surface area contributed by atoms with Gasteiger partial charge in [-0.3, -0.25) is 0 Å². The molecule has 0 spiro atoms. The van der Waals surface area contributed by atoms with E-state index in [1.165, 1.54) is 19.3 Å². The van der Waals surface area contributed by atoms with Crippen LogP contribution in [-0.2, 0) is 0 Å². The quantitative estimate of drug-likeness (QED) is 0.435. The molecule has 0 saturated heterocycles. The lowest BCUT2D eigenvalue weighted by Gasteiger charge is -2.60. The van der Waals surface area contributed by atoms with Gasteiger partial charge in [0.1, 0.15) is 0 Å². The maximum atomic E-state index is 2.70. The summed E-state index contributed by atoms with van der Waals surface area (Å²) in [5.74, 6) is 4.41. The molecule has 4 fully saturated rings. The van der Waals surface area contributed by atoms with E-state index in [1.807, 2.05) is 13.8 Å². The van der Waals surface area contributed by atoms with Crippen LogP contribution in [0.5, 0.6) is 0 Å². The highest BCUT2D eigenvalue weighted by atomic mass is 14.6. The Hall–Kier alpha value is 0. The van der Waals surface area contributed by atoms with E-state index in [0.29, 0.717) is 0 Å². The number of hydrogen-bond acceptors (Lipinski definition) is 0. The Kier molecular flexibility index (Phi) is 5.72. The van der Waals surface area contributed by atoms with Crippen molar-refractivity contribution < 1.29 is 0 Å². The van der Waals surface area contributed by atoms with Gasteiger partial charge >= 0.3 is 0 Å². The van der Waals surface area contributed by atoms with E-state index in [2.05, 4.69) is 13.8 Å². The van der Waals surface area contributed by atoms with Crippen LogP contribution >= 0.6 is 0 Å². The van der Waals surface area contributed by atoms with E-state index in [0.717, 1.165) is 34.5 Å². The fourth-order valence-electron chi connectivity index (χ4n) is 7.29. The Labute approximate surface area is 140 Å². The number of rotatable bonds is 0. The molecule has 0 amide bonds. The summed E-state index contributed by atoms with van der Waals surface area (Å²) in [7, 11) is 0. The van der Waals surface area contributed by atoms with E-state index < -0.39 is 0 Å². The van der Waals surface area contributed by atoms with Crippen LogP contribution in [0.3, 0.4) is 0 Å². The molecule has 130 valence electrons. The van der Waals surface area contributed by atoms with Gasteiger partial charge < -0.3 is 0 Å². The molecular formula is C22H42. The second kappa shape index (κ2) is 6.86. The second-order valence-electron chi connectivity index (χ2n) is 8.99. The van der Waals surface area contributed by atoms with Crippen molar-refractivity contribution in [2.75, 3.05) is 0 Å². The Morgan fingerprint density at radius 3 is 2.23 bits per heavy atom. The molecule has 4 aliphatic rings. The van der Waals surface area contributed by atoms with Gasteiger partial charge in [0.2, 0.25) is 0 Å². The Morgan fingerprint density at radius 2 is 1.45 bits per heavy atom. The molecule has 4 saturated carbocycles. The van der Waals surface area contributed by atoms with Crippen LogP contribution in [0.2, 0.25) is 0 Å². The van der Waals surface area contributed by atoms with E-state index >= 15 is 0 Å². The third-order valence-corrected chi connectivity index (χ3v) is 8.36. The van der Waals surface area contributed by atoms with Crippen LogP contribution in [0.15, 0.2) is 0 Å². The van der Waals surface area contributed by atoms with Gasteiger partial charge in [0.05, 0.1) is 0 Å². The first-order chi connectivity index (χ1) is 10.1. The standard InChI is InChI=1S/C19H32.C2H6.CH4/c1-18-11-5-7-16(18)15-9-8-14-6-3-4-12-19(14,2)17(15)10-13-18;1-2;/h14-17H,3-13H2,1-2H3;1-2H3;1H4. The average molecular weight is 307 g/mol. The van der Waals surface area contributed by atoms with Crippen LogP contribution in [0, 0.1) is 34.5 Å². The molecule has 0 heterocycles. The first kappa shape index (κ1) is 18.3. The lowest BCUT2D eigenvalue weighted by molar-refractivity contribution is -0.103. The topological polar surface area (TPSA) is 0 Å². The minimum Gasteiger partial charge on any atom is -0.0776 e. The van der Waals surface area contributed by atoms with Crippen molar-refractivity contribution >= 4 is 0 Å². The fourth-order valence-corrected chi connectivity index (χ4v) is 7.29. The van der Waals surface area contributed by atoms with Gasteiger partial charge in [0.25, 0.3) is 0 Å². The molecule has 4 aliphatic carbocycles. The summed E-state index contributed by atoms with van der Waals surface area (Å²) in [5.41, 5.74) is 1.49. The minimum atomic E-state index is 0. The summed E-state index contributed by atoms with van der Waals surface area (Å²) >= 11 is 0. The zero-order chi connectivity index (χ0) is 15.1. The van der Waals surface area contributed by atoms with Crippen molar-refractivity contribution in [3.63, 3.8) is 0 Å². The SMILES string of the molecule is C.CC.CC12CCCC1C1CCC3CCCCC3(C)C1CC2. The lowest BCUT2D eigenvalue weighted by atomic mass is 9.45. The molecule has 6 atom stereocenters. The third-order valence-electron chi connectivity index (χ3n) is 8.36. The Bertz CT molecular complexity index is 359. The molecule has 0 aromatic heterocycles. The first-order valence-corrected chi connectivity index (χ1v) is 10.1. The number of fused-ring (bicyclic) bond motifs is 5. The van der Waals surface area contributed by atoms with Crippen LogP contribution < -0.4 is 0 Å². The molecule has 0 aromatic carbocycles. The lowest BCUT2D eigenvalue weighted by Crippen LogP contribution is -2.51. The van der Waals surface area contributed by atoms with Crippen molar-refractivity contribution in [2.24, 2.45) is 34.5 Å². The highest BCUT2D eigenvalue weighted by Crippen LogP contribution is 2.66. The summed E-state index contributed by atoms with van der Waals surface area (Å²) in [5, 5.41) is 0. The predicted octanol–water partition coefficient (Wildman–Crippen LogP) is 7.47. The van der Waals surface area contributed by atoms with Gasteiger partial charge in [0, 0.05) is 0 Å². The van der Waals surface area contributed by atoms with Gasteiger partial charge in [0.15, 0.2) is 0 Å². The predicted molar refractivity (Wildman–Crippen MR) is 99.0 cm³/mol. The molecule has 0 aliphatic heterocycles. The van der Waals surface area contributed by atoms with Crippen molar-refractivity contribution in [3.05, 3.63) is 0 Å². The van der Waals surface area contributed by atoms with E-state index in [4.69, 9.17) is 0 Å². The van der Waals surface area contributed by atoms with Gasteiger partial charge in [-0.15, -0.1) is 0 Å². The monoisotopic (exact) mass is 306 g/mol. The Balaban J connectivity index is 0.000000566. The Morgan fingerprint density at radius 1 is 0.682 bits per heavy atom. The maximum absolute atomic E-state index is 2.70. The summed E-state index contributed by atoms with van der Waals surface area (Å²) in [6.45, 7) is 9.33. The summed E-state index contributed by atoms with van der Waals surface area (Å²) in [6.07, 6.45) is 17.1. The van der Waals surface area contributed by atoms with Gasteiger partial charge in [-0.25, -0.2) is 0 Å². The van der Waals surface area contributed by atoms with Crippen LogP contribution in [0.4, 0.5) is 0 Å². The molecule has 0 bridgehead atoms. The van der Waals surface area contributed by atoms with Crippen molar-refractivity contribution in [1.82, 2.24) is 0 Å². The molecule has 0 aromatic rings. The molecule has 6 unspecified atom stereocenters. The van der Waals surface area contributed by atoms with Crippen molar-refractivity contribution in [2.45, 2.75) is 106 Å². The van der Waals surface area contributed by atoms with Gasteiger partial charge in [-0.05, 0) is 85.9 Å². The third kappa shape index (κ3) is 2.67. The molecule has 0 heteroatoms. The van der Waals surface area contributed by atoms with E-state index in [-0.39, 0.29) is 7.43 Å². The second-order valence-corrected chi connectivity index (χ2v) is 8.99. The van der Waals surface area contributed by atoms with Crippen LogP contribution in [-0.4, -0.2) is 0 Å². The summed E-state index contributed by atoms with van der Waals surface area (Å²) in [4.78, 5) is 0. The van der Waals surface area contributed by atoms with Crippen LogP contribution in [0.1, 0.15) is 106 Å². The van der Waals surface area contributed by atoms with Gasteiger partial charge in [-0.2, -0.15) is 0 Å². The normalized spacial score (nSPS) is 49.6. The molecule has 4 rings (SSSR count). The van der Waals surface area contributed by atoms with Crippen molar-refractivity contribution in [3.8, 4) is 0 Å². The highest BCUT2D eigenvalue weighted by molar-refractivity contribution is 5.06. The smallest absolute Gasteiger partial charge is 0.0266 e. The van der Waals surface area contributed by atoms with Gasteiger partial charge in [-0.1, -0.05) is 54.4 Å². The van der Waals surface area contributed by atoms with E-state index in [1.54, 1.807) is 51.4 Å². The zero-order valence-corrected chi connectivity index (χ0v) is 15.1. The zero-order valence-electron chi connectivity index (χ0n) is 15.1. The summed E-state index contributed by atoms with van der Waals surface area (Å²) in [6, 6.07) is 0. The number of hydrogen-bond donors (Lipinski definition) is 0. The molecule has 0 N–H and O–H groups in total. The minimum absolute atomic E-state index is 0. The fraction of sp³-hybridized carbons (Fsp3) is 1.00. The summed E-state index contributed by atoms with van der Waals surface area (Å²) < 4.78 is 0.